The lowest BCUT2D eigenvalue weighted by atomic mass is 10.1. The monoisotopic (exact) mass is 302 g/mol. The highest BCUT2D eigenvalue weighted by molar-refractivity contribution is 6.16. The third kappa shape index (κ3) is 2.66. The predicted octanol–water partition coefficient (Wildman–Crippen LogP) is 4.47. The Labute approximate surface area is 128 Å². The van der Waals surface area contributed by atoms with Gasteiger partial charge in [0, 0.05) is 6.54 Å². The second-order valence-electron chi connectivity index (χ2n) is 5.10. The molecule has 0 aliphatic carbocycles. The molecule has 2 nitrogen and oxygen atoms in total. The van der Waals surface area contributed by atoms with Crippen LogP contribution in [0.25, 0.3) is 11.0 Å². The molecule has 0 saturated heterocycles. The van der Waals surface area contributed by atoms with E-state index in [0.29, 0.717) is 11.3 Å². The molecule has 3 aromatic rings. The Morgan fingerprint density at radius 2 is 1.95 bits per heavy atom. The maximum Gasteiger partial charge on any atom is 0.151 e. The molecule has 0 bridgehead atoms. The Bertz CT molecular complexity index is 780. The highest BCUT2D eigenvalue weighted by Crippen LogP contribution is 2.21. The van der Waals surface area contributed by atoms with Gasteiger partial charge in [0.1, 0.15) is 11.3 Å². The van der Waals surface area contributed by atoms with Crippen molar-refractivity contribution in [2.75, 3.05) is 0 Å². The number of halogens is 2. The molecule has 0 fully saturated rings. The van der Waals surface area contributed by atoms with Gasteiger partial charge in [-0.25, -0.2) is 9.37 Å². The predicted molar refractivity (Wildman–Crippen MR) is 84.1 cm³/mol. The molecule has 0 saturated carbocycles. The van der Waals surface area contributed by atoms with Gasteiger partial charge in [-0.05, 0) is 36.6 Å². The topological polar surface area (TPSA) is 17.8 Å². The summed E-state index contributed by atoms with van der Waals surface area (Å²) >= 11 is 5.96. The minimum atomic E-state index is -0.298. The normalized spacial score (nSPS) is 11.2. The average molecular weight is 303 g/mol. The molecule has 0 aliphatic rings. The zero-order valence-electron chi connectivity index (χ0n) is 11.8. The van der Waals surface area contributed by atoms with Crippen molar-refractivity contribution >= 4 is 22.6 Å². The molecule has 0 amide bonds. The van der Waals surface area contributed by atoms with Crippen LogP contribution in [0, 0.1) is 12.7 Å². The first kappa shape index (κ1) is 14.1. The molecule has 0 atom stereocenters. The summed E-state index contributed by atoms with van der Waals surface area (Å²) in [7, 11) is 0. The molecule has 0 radical (unpaired) electrons. The fraction of sp³-hybridized carbons (Fsp3) is 0.235. The third-order valence-electron chi connectivity index (χ3n) is 3.79. The SMILES string of the molecule is Cc1ccccc1CCn1c(CCl)nc2c(F)cccc21. The van der Waals surface area contributed by atoms with E-state index in [2.05, 4.69) is 24.0 Å². The van der Waals surface area contributed by atoms with Gasteiger partial charge in [-0.15, -0.1) is 11.6 Å². The van der Waals surface area contributed by atoms with Crippen LogP contribution in [0.5, 0.6) is 0 Å². The zero-order valence-corrected chi connectivity index (χ0v) is 12.6. The molecule has 0 unspecified atom stereocenters. The first-order valence-electron chi connectivity index (χ1n) is 6.95. The highest BCUT2D eigenvalue weighted by Gasteiger charge is 2.13. The Kier molecular flexibility index (Phi) is 3.93. The van der Waals surface area contributed by atoms with Crippen molar-refractivity contribution in [3.8, 4) is 0 Å². The Morgan fingerprint density at radius 1 is 1.14 bits per heavy atom. The van der Waals surface area contributed by atoms with Crippen molar-refractivity contribution in [2.24, 2.45) is 0 Å². The lowest BCUT2D eigenvalue weighted by Gasteiger charge is -2.09. The molecular weight excluding hydrogens is 287 g/mol. The molecular formula is C17H16ClFN2. The number of fused-ring (bicyclic) bond motifs is 1. The van der Waals surface area contributed by atoms with Gasteiger partial charge in [-0.3, -0.25) is 0 Å². The molecule has 0 spiro atoms. The summed E-state index contributed by atoms with van der Waals surface area (Å²) in [5.74, 6) is 0.695. The summed E-state index contributed by atoms with van der Waals surface area (Å²) in [4.78, 5) is 4.32. The summed E-state index contributed by atoms with van der Waals surface area (Å²) in [6, 6.07) is 13.3. The number of para-hydroxylation sites is 1. The minimum absolute atomic E-state index is 0.280. The minimum Gasteiger partial charge on any atom is -0.327 e. The van der Waals surface area contributed by atoms with Gasteiger partial charge >= 0.3 is 0 Å². The van der Waals surface area contributed by atoms with E-state index in [0.717, 1.165) is 18.5 Å². The van der Waals surface area contributed by atoms with E-state index in [1.54, 1.807) is 6.07 Å². The standard InChI is InChI=1S/C17H16ClFN2/c1-12-5-2-3-6-13(12)9-10-21-15-8-4-7-14(19)17(15)20-16(21)11-18/h2-8H,9-11H2,1H3. The van der Waals surface area contributed by atoms with E-state index in [1.165, 1.54) is 17.2 Å². The van der Waals surface area contributed by atoms with E-state index in [-0.39, 0.29) is 11.7 Å². The number of benzene rings is 2. The number of aryl methyl sites for hydroxylation is 3. The fourth-order valence-corrected chi connectivity index (χ4v) is 2.84. The maximum atomic E-state index is 13.8. The number of rotatable bonds is 4. The molecule has 0 N–H and O–H groups in total. The van der Waals surface area contributed by atoms with Crippen LogP contribution in [0.1, 0.15) is 17.0 Å². The Balaban J connectivity index is 1.97. The molecule has 3 rings (SSSR count). The zero-order chi connectivity index (χ0) is 14.8. The van der Waals surface area contributed by atoms with Crippen molar-refractivity contribution in [1.29, 1.82) is 0 Å². The van der Waals surface area contributed by atoms with Gasteiger partial charge in [0.05, 0.1) is 11.4 Å². The van der Waals surface area contributed by atoms with Crippen molar-refractivity contribution in [2.45, 2.75) is 25.8 Å². The van der Waals surface area contributed by atoms with Crippen molar-refractivity contribution in [1.82, 2.24) is 9.55 Å². The maximum absolute atomic E-state index is 13.8. The summed E-state index contributed by atoms with van der Waals surface area (Å²) in [6.07, 6.45) is 0.874. The lowest BCUT2D eigenvalue weighted by Crippen LogP contribution is -2.05. The summed E-state index contributed by atoms with van der Waals surface area (Å²) < 4.78 is 15.8. The number of alkyl halides is 1. The number of nitrogens with zero attached hydrogens (tertiary/aromatic N) is 2. The first-order chi connectivity index (χ1) is 10.2. The van der Waals surface area contributed by atoms with Gasteiger partial charge in [0.2, 0.25) is 0 Å². The summed E-state index contributed by atoms with van der Waals surface area (Å²) in [5.41, 5.74) is 3.76. The molecule has 2 aromatic carbocycles. The quantitative estimate of drug-likeness (QED) is 0.650. The highest BCUT2D eigenvalue weighted by atomic mass is 35.5. The van der Waals surface area contributed by atoms with E-state index in [1.807, 2.05) is 22.8 Å². The van der Waals surface area contributed by atoms with E-state index in [4.69, 9.17) is 11.6 Å². The van der Waals surface area contributed by atoms with Crippen LogP contribution >= 0.6 is 11.6 Å². The number of imidazole rings is 1. The average Bonchev–Trinajstić information content (AvgIpc) is 2.86. The van der Waals surface area contributed by atoms with Crippen molar-refractivity contribution in [3.63, 3.8) is 0 Å². The number of hydrogen-bond acceptors (Lipinski definition) is 1. The van der Waals surface area contributed by atoms with Gasteiger partial charge in [-0.2, -0.15) is 0 Å². The van der Waals surface area contributed by atoms with Crippen LogP contribution in [0.15, 0.2) is 42.5 Å². The van der Waals surface area contributed by atoms with Gasteiger partial charge in [0.25, 0.3) is 0 Å². The second kappa shape index (κ2) is 5.86. The largest absolute Gasteiger partial charge is 0.327 e. The van der Waals surface area contributed by atoms with Crippen LogP contribution in [-0.2, 0) is 18.8 Å². The molecule has 1 heterocycles. The van der Waals surface area contributed by atoms with Gasteiger partial charge in [-0.1, -0.05) is 30.3 Å². The Morgan fingerprint density at radius 3 is 2.71 bits per heavy atom. The van der Waals surface area contributed by atoms with Crippen molar-refractivity contribution in [3.05, 3.63) is 65.2 Å². The summed E-state index contributed by atoms with van der Waals surface area (Å²) in [5, 5.41) is 0. The second-order valence-corrected chi connectivity index (χ2v) is 5.36. The fourth-order valence-electron chi connectivity index (χ4n) is 2.64. The first-order valence-corrected chi connectivity index (χ1v) is 7.48. The number of hydrogen-bond donors (Lipinski definition) is 0. The van der Waals surface area contributed by atoms with E-state index >= 15 is 0 Å². The van der Waals surface area contributed by atoms with E-state index in [9.17, 15) is 4.39 Å². The molecule has 21 heavy (non-hydrogen) atoms. The van der Waals surface area contributed by atoms with Crippen molar-refractivity contribution < 1.29 is 4.39 Å². The van der Waals surface area contributed by atoms with Crippen LogP contribution in [0.4, 0.5) is 4.39 Å². The molecule has 0 aliphatic heterocycles. The van der Waals surface area contributed by atoms with Crippen LogP contribution < -0.4 is 0 Å². The van der Waals surface area contributed by atoms with Crippen LogP contribution in [-0.4, -0.2) is 9.55 Å². The molecule has 108 valence electrons. The van der Waals surface area contributed by atoms with E-state index < -0.39 is 0 Å². The lowest BCUT2D eigenvalue weighted by molar-refractivity contribution is 0.637. The van der Waals surface area contributed by atoms with Crippen LogP contribution in [0.2, 0.25) is 0 Å². The Hall–Kier alpha value is -1.87. The summed E-state index contributed by atoms with van der Waals surface area (Å²) in [6.45, 7) is 2.84. The molecule has 4 heteroatoms. The smallest absolute Gasteiger partial charge is 0.151 e. The molecule has 1 aromatic heterocycles. The third-order valence-corrected chi connectivity index (χ3v) is 4.03. The van der Waals surface area contributed by atoms with Gasteiger partial charge in [0.15, 0.2) is 5.82 Å². The van der Waals surface area contributed by atoms with Gasteiger partial charge < -0.3 is 4.57 Å². The number of aromatic nitrogens is 2. The van der Waals surface area contributed by atoms with Crippen LogP contribution in [0.3, 0.4) is 0 Å².